The van der Waals surface area contributed by atoms with Gasteiger partial charge in [-0.3, -0.25) is 0 Å². The van der Waals surface area contributed by atoms with Crippen LogP contribution in [0.15, 0.2) is 12.1 Å². The molecule has 0 N–H and O–H groups in total. The van der Waals surface area contributed by atoms with Gasteiger partial charge in [0, 0.05) is 17.9 Å². The molecule has 0 spiro atoms. The van der Waals surface area contributed by atoms with Crippen molar-refractivity contribution in [3.05, 3.63) is 23.5 Å². The lowest BCUT2D eigenvalue weighted by molar-refractivity contribution is 0.554. The second-order valence-corrected chi connectivity index (χ2v) is 4.39. The van der Waals surface area contributed by atoms with Gasteiger partial charge in [0.2, 0.25) is 0 Å². The minimum Gasteiger partial charge on any atom is -0.349 e. The molecule has 72 valence electrons. The predicted molar refractivity (Wildman–Crippen MR) is 55.8 cm³/mol. The molecule has 1 aromatic rings. The number of aryl methyl sites for hydroxylation is 2. The SMILES string of the molecule is CC[C@@H]1C[C@H]1Cn1c(C)ccc1C. The summed E-state index contributed by atoms with van der Waals surface area (Å²) in [6, 6.07) is 4.44. The second kappa shape index (κ2) is 3.21. The smallest absolute Gasteiger partial charge is 0.0255 e. The zero-order valence-corrected chi connectivity index (χ0v) is 8.88. The van der Waals surface area contributed by atoms with Crippen molar-refractivity contribution in [3.63, 3.8) is 0 Å². The summed E-state index contributed by atoms with van der Waals surface area (Å²) in [4.78, 5) is 0. The molecule has 13 heavy (non-hydrogen) atoms. The quantitative estimate of drug-likeness (QED) is 0.668. The van der Waals surface area contributed by atoms with Crippen molar-refractivity contribution in [2.75, 3.05) is 0 Å². The first-order valence-corrected chi connectivity index (χ1v) is 5.35. The van der Waals surface area contributed by atoms with Crippen molar-refractivity contribution in [1.82, 2.24) is 4.57 Å². The van der Waals surface area contributed by atoms with E-state index in [9.17, 15) is 0 Å². The summed E-state index contributed by atoms with van der Waals surface area (Å²) in [6.45, 7) is 7.97. The molecule has 1 fully saturated rings. The van der Waals surface area contributed by atoms with Crippen molar-refractivity contribution in [3.8, 4) is 0 Å². The molecular weight excluding hydrogens is 158 g/mol. The minimum atomic E-state index is 0.967. The Kier molecular flexibility index (Phi) is 2.19. The first kappa shape index (κ1) is 8.86. The van der Waals surface area contributed by atoms with Gasteiger partial charge in [0.1, 0.15) is 0 Å². The normalized spacial score (nSPS) is 26.4. The van der Waals surface area contributed by atoms with Crippen LogP contribution in [0.5, 0.6) is 0 Å². The third-order valence-corrected chi connectivity index (χ3v) is 3.43. The van der Waals surface area contributed by atoms with E-state index >= 15 is 0 Å². The van der Waals surface area contributed by atoms with E-state index in [0.717, 1.165) is 11.8 Å². The van der Waals surface area contributed by atoms with Gasteiger partial charge < -0.3 is 4.57 Å². The topological polar surface area (TPSA) is 4.93 Å². The summed E-state index contributed by atoms with van der Waals surface area (Å²) >= 11 is 0. The van der Waals surface area contributed by atoms with Crippen LogP contribution in [0.3, 0.4) is 0 Å². The van der Waals surface area contributed by atoms with E-state index < -0.39 is 0 Å². The highest BCUT2D eigenvalue weighted by molar-refractivity contribution is 5.14. The van der Waals surface area contributed by atoms with Gasteiger partial charge in [0.25, 0.3) is 0 Å². The molecular formula is C12H19N. The standard InChI is InChI=1S/C12H19N/c1-4-11-7-12(11)8-13-9(2)5-6-10(13)3/h5-6,11-12H,4,7-8H2,1-3H3/t11-,12+/m1/s1. The van der Waals surface area contributed by atoms with Gasteiger partial charge in [-0.1, -0.05) is 13.3 Å². The molecule has 1 aliphatic rings. The summed E-state index contributed by atoms with van der Waals surface area (Å²) in [5, 5.41) is 0. The van der Waals surface area contributed by atoms with Crippen LogP contribution in [0.4, 0.5) is 0 Å². The molecule has 2 rings (SSSR count). The third-order valence-electron chi connectivity index (χ3n) is 3.43. The van der Waals surface area contributed by atoms with Gasteiger partial charge in [-0.2, -0.15) is 0 Å². The Balaban J connectivity index is 2.02. The van der Waals surface area contributed by atoms with E-state index in [2.05, 4.69) is 37.5 Å². The minimum absolute atomic E-state index is 0.967. The summed E-state index contributed by atoms with van der Waals surface area (Å²) in [6.07, 6.45) is 2.82. The molecule has 0 aromatic carbocycles. The van der Waals surface area contributed by atoms with Crippen LogP contribution in [-0.4, -0.2) is 4.57 Å². The fraction of sp³-hybridized carbons (Fsp3) is 0.667. The first-order chi connectivity index (χ1) is 6.22. The number of nitrogens with zero attached hydrogens (tertiary/aromatic N) is 1. The molecule has 0 amide bonds. The van der Waals surface area contributed by atoms with E-state index in [0.29, 0.717) is 0 Å². The summed E-state index contributed by atoms with van der Waals surface area (Å²) in [5.41, 5.74) is 2.83. The highest BCUT2D eigenvalue weighted by Crippen LogP contribution is 2.42. The average Bonchev–Trinajstić information content (AvgIpc) is 2.81. The molecule has 1 saturated carbocycles. The van der Waals surface area contributed by atoms with Crippen LogP contribution in [0.25, 0.3) is 0 Å². The molecule has 0 unspecified atom stereocenters. The van der Waals surface area contributed by atoms with Gasteiger partial charge in [-0.05, 0) is 44.2 Å². The van der Waals surface area contributed by atoms with Crippen LogP contribution < -0.4 is 0 Å². The monoisotopic (exact) mass is 177 g/mol. The Morgan fingerprint density at radius 2 is 1.85 bits per heavy atom. The number of rotatable bonds is 3. The molecule has 1 aromatic heterocycles. The maximum atomic E-state index is 2.46. The number of aromatic nitrogens is 1. The summed E-state index contributed by atoms with van der Waals surface area (Å²) in [5.74, 6) is 1.98. The van der Waals surface area contributed by atoms with E-state index in [4.69, 9.17) is 0 Å². The van der Waals surface area contributed by atoms with Gasteiger partial charge in [-0.25, -0.2) is 0 Å². The molecule has 1 nitrogen and oxygen atoms in total. The molecule has 1 aliphatic carbocycles. The zero-order chi connectivity index (χ0) is 9.42. The van der Waals surface area contributed by atoms with Crippen molar-refractivity contribution in [2.45, 2.75) is 40.2 Å². The lowest BCUT2D eigenvalue weighted by Crippen LogP contribution is -2.04. The van der Waals surface area contributed by atoms with Crippen LogP contribution in [0.2, 0.25) is 0 Å². The largest absolute Gasteiger partial charge is 0.349 e. The van der Waals surface area contributed by atoms with Gasteiger partial charge in [0.05, 0.1) is 0 Å². The van der Waals surface area contributed by atoms with Gasteiger partial charge in [-0.15, -0.1) is 0 Å². The molecule has 0 bridgehead atoms. The Morgan fingerprint density at radius 1 is 1.23 bits per heavy atom. The Labute approximate surface area is 80.8 Å². The lowest BCUT2D eigenvalue weighted by atomic mass is 10.2. The Bertz CT molecular complexity index is 279. The van der Waals surface area contributed by atoms with Gasteiger partial charge >= 0.3 is 0 Å². The van der Waals surface area contributed by atoms with Crippen molar-refractivity contribution in [1.29, 1.82) is 0 Å². The third kappa shape index (κ3) is 1.65. The number of hydrogen-bond donors (Lipinski definition) is 0. The Hall–Kier alpha value is -0.720. The zero-order valence-electron chi connectivity index (χ0n) is 8.88. The van der Waals surface area contributed by atoms with E-state index in [1.165, 1.54) is 30.8 Å². The lowest BCUT2D eigenvalue weighted by Gasteiger charge is -2.08. The van der Waals surface area contributed by atoms with Gasteiger partial charge in [0.15, 0.2) is 0 Å². The highest BCUT2D eigenvalue weighted by atomic mass is 15.0. The van der Waals surface area contributed by atoms with Crippen molar-refractivity contribution < 1.29 is 0 Å². The highest BCUT2D eigenvalue weighted by Gasteiger charge is 2.35. The fourth-order valence-corrected chi connectivity index (χ4v) is 2.26. The first-order valence-electron chi connectivity index (χ1n) is 5.35. The van der Waals surface area contributed by atoms with Crippen molar-refractivity contribution in [2.24, 2.45) is 11.8 Å². The summed E-state index contributed by atoms with van der Waals surface area (Å²) in [7, 11) is 0. The van der Waals surface area contributed by atoms with Crippen LogP contribution >= 0.6 is 0 Å². The fourth-order valence-electron chi connectivity index (χ4n) is 2.26. The Morgan fingerprint density at radius 3 is 2.31 bits per heavy atom. The molecule has 2 atom stereocenters. The van der Waals surface area contributed by atoms with Crippen LogP contribution in [0.1, 0.15) is 31.2 Å². The molecule has 1 heteroatoms. The number of hydrogen-bond acceptors (Lipinski definition) is 0. The van der Waals surface area contributed by atoms with E-state index in [-0.39, 0.29) is 0 Å². The predicted octanol–water partition coefficient (Wildman–Crippen LogP) is 3.15. The molecule has 1 heterocycles. The molecule has 0 aliphatic heterocycles. The maximum Gasteiger partial charge on any atom is 0.0255 e. The van der Waals surface area contributed by atoms with E-state index in [1.807, 2.05) is 0 Å². The van der Waals surface area contributed by atoms with E-state index in [1.54, 1.807) is 0 Å². The summed E-state index contributed by atoms with van der Waals surface area (Å²) < 4.78 is 2.46. The molecule has 0 radical (unpaired) electrons. The second-order valence-electron chi connectivity index (χ2n) is 4.39. The van der Waals surface area contributed by atoms with Crippen LogP contribution in [0, 0.1) is 25.7 Å². The molecule has 0 saturated heterocycles. The average molecular weight is 177 g/mol. The maximum absolute atomic E-state index is 2.46. The van der Waals surface area contributed by atoms with Crippen LogP contribution in [-0.2, 0) is 6.54 Å². The van der Waals surface area contributed by atoms with Crippen molar-refractivity contribution >= 4 is 0 Å².